The summed E-state index contributed by atoms with van der Waals surface area (Å²) < 4.78 is 0. The van der Waals surface area contributed by atoms with E-state index in [1.807, 2.05) is 6.92 Å². The Kier molecular flexibility index (Phi) is 2.70. The van der Waals surface area contributed by atoms with Gasteiger partial charge in [-0.1, -0.05) is 12.2 Å². The summed E-state index contributed by atoms with van der Waals surface area (Å²) in [6.45, 7) is 3.62. The molecule has 0 radical (unpaired) electrons. The van der Waals surface area contributed by atoms with Gasteiger partial charge in [-0.15, -0.1) is 0 Å². The number of aryl methyl sites for hydroxylation is 2. The molecule has 1 saturated heterocycles. The molecule has 25 heavy (non-hydrogen) atoms. The van der Waals surface area contributed by atoms with Gasteiger partial charge in [-0.2, -0.15) is 0 Å². The fourth-order valence-corrected chi connectivity index (χ4v) is 5.31. The zero-order valence-electron chi connectivity index (χ0n) is 14.0. The van der Waals surface area contributed by atoms with E-state index in [2.05, 4.69) is 12.2 Å². The molecule has 6 heteroatoms. The third-order valence-electron chi connectivity index (χ3n) is 6.69. The lowest BCUT2D eigenvalue weighted by atomic mass is 9.63. The predicted octanol–water partition coefficient (Wildman–Crippen LogP) is 2.77. The number of anilines is 1. The smallest absolute Gasteiger partial charge is 0.274 e. The van der Waals surface area contributed by atoms with E-state index in [-0.39, 0.29) is 46.9 Å². The Morgan fingerprint density at radius 2 is 1.52 bits per heavy atom. The Balaban J connectivity index is 1.63. The number of nitrogens with zero attached hydrogens (tertiary/aromatic N) is 2. The Hall–Kier alpha value is -2.50. The molecule has 2 amide bonds. The summed E-state index contributed by atoms with van der Waals surface area (Å²) in [7, 11) is 0. The normalized spacial score (nSPS) is 37.3. The highest BCUT2D eigenvalue weighted by Crippen LogP contribution is 2.65. The largest absolute Gasteiger partial charge is 0.293 e. The maximum Gasteiger partial charge on any atom is 0.293 e. The molecular formula is C19H18N2O4. The molecule has 6 atom stereocenters. The summed E-state index contributed by atoms with van der Waals surface area (Å²) in [6.07, 6.45) is 5.30. The van der Waals surface area contributed by atoms with Crippen molar-refractivity contribution in [3.8, 4) is 0 Å². The second-order valence-electron chi connectivity index (χ2n) is 7.85. The molecule has 4 aliphatic carbocycles. The van der Waals surface area contributed by atoms with Crippen molar-refractivity contribution >= 4 is 23.2 Å². The topological polar surface area (TPSA) is 80.5 Å². The van der Waals surface area contributed by atoms with Crippen molar-refractivity contribution in [1.82, 2.24) is 0 Å². The monoisotopic (exact) mass is 338 g/mol. The van der Waals surface area contributed by atoms with Gasteiger partial charge in [0.05, 0.1) is 16.8 Å². The van der Waals surface area contributed by atoms with E-state index < -0.39 is 4.92 Å². The molecule has 1 aliphatic heterocycles. The second kappa shape index (κ2) is 4.56. The highest BCUT2D eigenvalue weighted by atomic mass is 16.6. The first-order valence-electron chi connectivity index (χ1n) is 8.72. The maximum absolute atomic E-state index is 13.1. The van der Waals surface area contributed by atoms with Crippen molar-refractivity contribution in [2.75, 3.05) is 4.90 Å². The molecule has 2 saturated carbocycles. The van der Waals surface area contributed by atoms with Gasteiger partial charge in [-0.05, 0) is 61.1 Å². The van der Waals surface area contributed by atoms with Gasteiger partial charge in [-0.25, -0.2) is 4.90 Å². The van der Waals surface area contributed by atoms with Crippen molar-refractivity contribution in [3.05, 3.63) is 45.5 Å². The molecule has 1 aromatic carbocycles. The first kappa shape index (κ1) is 14.8. The number of nitro benzene ring substituents is 1. The lowest BCUT2D eigenvalue weighted by Crippen LogP contribution is -2.40. The number of benzene rings is 1. The van der Waals surface area contributed by atoms with Crippen molar-refractivity contribution in [3.63, 3.8) is 0 Å². The van der Waals surface area contributed by atoms with E-state index in [1.54, 1.807) is 13.0 Å². The second-order valence-corrected chi connectivity index (χ2v) is 7.85. The van der Waals surface area contributed by atoms with E-state index in [1.165, 1.54) is 6.07 Å². The third kappa shape index (κ3) is 1.74. The highest BCUT2D eigenvalue weighted by Gasteiger charge is 2.67. The van der Waals surface area contributed by atoms with Gasteiger partial charge in [0.1, 0.15) is 5.69 Å². The van der Waals surface area contributed by atoms with Gasteiger partial charge in [0.25, 0.3) is 5.69 Å². The van der Waals surface area contributed by atoms with Gasteiger partial charge in [0.15, 0.2) is 0 Å². The number of imide groups is 1. The SMILES string of the molecule is Cc1cc(N2C(=O)[C@@H]3[C@H]4C=C[C@@H]([C@@H]5C[C@@H]45)[C@@H]3C2=O)c([N+](=O)[O-])cc1C. The van der Waals surface area contributed by atoms with Crippen LogP contribution in [0.1, 0.15) is 17.5 Å². The van der Waals surface area contributed by atoms with E-state index in [4.69, 9.17) is 0 Å². The quantitative estimate of drug-likeness (QED) is 0.359. The molecule has 6 rings (SSSR count). The molecule has 0 aromatic heterocycles. The van der Waals surface area contributed by atoms with E-state index in [0.29, 0.717) is 11.8 Å². The Bertz CT molecular complexity index is 854. The Morgan fingerprint density at radius 1 is 1.00 bits per heavy atom. The van der Waals surface area contributed by atoms with Crippen LogP contribution >= 0.6 is 0 Å². The van der Waals surface area contributed by atoms with Crippen LogP contribution in [0.4, 0.5) is 11.4 Å². The van der Waals surface area contributed by atoms with Crippen molar-refractivity contribution in [1.29, 1.82) is 0 Å². The molecule has 6 nitrogen and oxygen atoms in total. The first-order chi connectivity index (χ1) is 11.9. The van der Waals surface area contributed by atoms with Crippen LogP contribution in [-0.4, -0.2) is 16.7 Å². The molecular weight excluding hydrogens is 320 g/mol. The van der Waals surface area contributed by atoms with Gasteiger partial charge < -0.3 is 0 Å². The van der Waals surface area contributed by atoms with Gasteiger partial charge in [0.2, 0.25) is 11.8 Å². The lowest BCUT2D eigenvalue weighted by Gasteiger charge is -2.37. The summed E-state index contributed by atoms with van der Waals surface area (Å²) in [6, 6.07) is 3.06. The fraction of sp³-hybridized carbons (Fsp3) is 0.474. The first-order valence-corrected chi connectivity index (χ1v) is 8.72. The lowest BCUT2D eigenvalue weighted by molar-refractivity contribution is -0.384. The minimum absolute atomic E-state index is 0.118. The minimum Gasteiger partial charge on any atom is -0.274 e. The summed E-state index contributed by atoms with van der Waals surface area (Å²) in [5, 5.41) is 11.5. The number of rotatable bonds is 2. The van der Waals surface area contributed by atoms with E-state index >= 15 is 0 Å². The molecule has 0 unspecified atom stereocenters. The fourth-order valence-electron chi connectivity index (χ4n) is 5.31. The summed E-state index contributed by atoms with van der Waals surface area (Å²) in [5.74, 6) is 0.0708. The van der Waals surface area contributed by atoms with Crippen LogP contribution in [0.2, 0.25) is 0 Å². The van der Waals surface area contributed by atoms with Crippen molar-refractivity contribution in [2.45, 2.75) is 20.3 Å². The molecule has 1 heterocycles. The van der Waals surface area contributed by atoms with Crippen LogP contribution < -0.4 is 4.90 Å². The molecule has 3 fully saturated rings. The standard InChI is InChI=1S/C19H18N2O4/c1-8-5-14(15(21(24)25)6-9(8)2)20-18(22)16-10-3-4-11(13-7-12(10)13)17(16)19(20)23/h3-6,10-13,16-17H,7H2,1-2H3/t10-,11-,12-,13-,16-,17+/m0/s1. The van der Waals surface area contributed by atoms with Gasteiger partial charge in [0, 0.05) is 6.07 Å². The number of nitro groups is 1. The average Bonchev–Trinajstić information content (AvgIpc) is 3.34. The van der Waals surface area contributed by atoms with Crippen LogP contribution in [0.3, 0.4) is 0 Å². The van der Waals surface area contributed by atoms with Crippen LogP contribution in [0.5, 0.6) is 0 Å². The summed E-state index contributed by atoms with van der Waals surface area (Å²) >= 11 is 0. The zero-order chi connectivity index (χ0) is 17.6. The predicted molar refractivity (Wildman–Crippen MR) is 89.8 cm³/mol. The van der Waals surface area contributed by atoms with Crippen molar-refractivity contribution < 1.29 is 14.5 Å². The molecule has 128 valence electrons. The van der Waals surface area contributed by atoms with Crippen LogP contribution in [0, 0.1) is 59.5 Å². The van der Waals surface area contributed by atoms with E-state index in [9.17, 15) is 19.7 Å². The average molecular weight is 338 g/mol. The maximum atomic E-state index is 13.1. The zero-order valence-corrected chi connectivity index (χ0v) is 14.0. The minimum atomic E-state index is -0.505. The van der Waals surface area contributed by atoms with Crippen molar-refractivity contribution in [2.24, 2.45) is 35.5 Å². The van der Waals surface area contributed by atoms with Crippen LogP contribution in [0.15, 0.2) is 24.3 Å². The van der Waals surface area contributed by atoms with E-state index in [0.717, 1.165) is 22.4 Å². The number of amides is 2. The Labute approximate surface area is 144 Å². The molecule has 0 spiro atoms. The molecule has 2 bridgehead atoms. The van der Waals surface area contributed by atoms with Crippen LogP contribution in [-0.2, 0) is 9.59 Å². The number of carbonyl (C=O) groups excluding carboxylic acids is 2. The number of allylic oxidation sites excluding steroid dienone is 2. The highest BCUT2D eigenvalue weighted by molar-refractivity contribution is 6.23. The number of hydrogen-bond donors (Lipinski definition) is 0. The summed E-state index contributed by atoms with van der Waals surface area (Å²) in [4.78, 5) is 38.4. The van der Waals surface area contributed by atoms with Crippen LogP contribution in [0.25, 0.3) is 0 Å². The Morgan fingerprint density at radius 3 is 2.04 bits per heavy atom. The number of hydrogen-bond acceptors (Lipinski definition) is 4. The molecule has 5 aliphatic rings. The molecule has 0 N–H and O–H groups in total. The number of carbonyl (C=O) groups is 2. The third-order valence-corrected chi connectivity index (χ3v) is 6.69. The van der Waals surface area contributed by atoms with Gasteiger partial charge >= 0.3 is 0 Å². The summed E-state index contributed by atoms with van der Waals surface area (Å²) in [5.41, 5.74) is 1.56. The molecule has 1 aromatic rings. The van der Waals surface area contributed by atoms with Gasteiger partial charge in [-0.3, -0.25) is 19.7 Å².